The molecule has 1 N–H and O–H groups in total. The van der Waals surface area contributed by atoms with Gasteiger partial charge in [-0.3, -0.25) is 4.90 Å². The van der Waals surface area contributed by atoms with Crippen LogP contribution in [0.4, 0.5) is 10.1 Å². The molecule has 1 atom stereocenters. The number of hydrogen-bond acceptors (Lipinski definition) is 4. The summed E-state index contributed by atoms with van der Waals surface area (Å²) in [5, 5.41) is 10.2. The molecule has 1 heterocycles. The second-order valence-corrected chi connectivity index (χ2v) is 6.71. The molecule has 0 saturated carbocycles. The molecule has 0 bridgehead atoms. The number of ether oxygens (including phenoxy) is 1. The van der Waals surface area contributed by atoms with Crippen LogP contribution in [0.1, 0.15) is 24.5 Å². The first kappa shape index (κ1) is 18.7. The molecule has 1 saturated heterocycles. The normalized spacial score (nSPS) is 16.5. The number of hydrogen-bond donors (Lipinski definition) is 1. The van der Waals surface area contributed by atoms with Crippen molar-refractivity contribution in [3.8, 4) is 5.75 Å². The van der Waals surface area contributed by atoms with Crippen LogP contribution in [0.2, 0.25) is 0 Å². The van der Waals surface area contributed by atoms with E-state index in [1.807, 2.05) is 18.2 Å². The third-order valence-corrected chi connectivity index (χ3v) is 5.00. The monoisotopic (exact) mass is 358 g/mol. The third kappa shape index (κ3) is 4.74. The van der Waals surface area contributed by atoms with Crippen LogP contribution in [0, 0.1) is 5.82 Å². The van der Waals surface area contributed by atoms with Crippen LogP contribution in [0.3, 0.4) is 0 Å². The van der Waals surface area contributed by atoms with E-state index in [0.717, 1.165) is 56.1 Å². The van der Waals surface area contributed by atoms with Crippen LogP contribution < -0.4 is 9.64 Å². The number of halogens is 1. The zero-order valence-electron chi connectivity index (χ0n) is 15.3. The largest absolute Gasteiger partial charge is 0.495 e. The van der Waals surface area contributed by atoms with Crippen molar-refractivity contribution in [1.82, 2.24) is 4.90 Å². The Morgan fingerprint density at radius 1 is 1.04 bits per heavy atom. The number of nitrogens with zero attached hydrogens (tertiary/aromatic N) is 2. The van der Waals surface area contributed by atoms with Gasteiger partial charge in [0.1, 0.15) is 11.6 Å². The second-order valence-electron chi connectivity index (χ2n) is 6.71. The summed E-state index contributed by atoms with van der Waals surface area (Å²) in [6.07, 6.45) is 1.09. The number of anilines is 1. The van der Waals surface area contributed by atoms with Crippen molar-refractivity contribution in [2.24, 2.45) is 0 Å². The number of para-hydroxylation sites is 2. The highest BCUT2D eigenvalue weighted by Crippen LogP contribution is 2.28. The Hall–Kier alpha value is -2.11. The fourth-order valence-electron chi connectivity index (χ4n) is 3.46. The van der Waals surface area contributed by atoms with E-state index in [9.17, 15) is 9.50 Å². The number of benzene rings is 2. The van der Waals surface area contributed by atoms with Crippen molar-refractivity contribution in [3.63, 3.8) is 0 Å². The summed E-state index contributed by atoms with van der Waals surface area (Å²) >= 11 is 0. The van der Waals surface area contributed by atoms with E-state index in [1.54, 1.807) is 19.2 Å². The van der Waals surface area contributed by atoms with Crippen molar-refractivity contribution in [1.29, 1.82) is 0 Å². The van der Waals surface area contributed by atoms with Gasteiger partial charge in [0.05, 0.1) is 18.9 Å². The average molecular weight is 358 g/mol. The van der Waals surface area contributed by atoms with Gasteiger partial charge in [0.2, 0.25) is 0 Å². The third-order valence-electron chi connectivity index (χ3n) is 5.00. The van der Waals surface area contributed by atoms with E-state index in [4.69, 9.17) is 4.74 Å². The first-order chi connectivity index (χ1) is 12.7. The van der Waals surface area contributed by atoms with Gasteiger partial charge < -0.3 is 14.7 Å². The molecule has 26 heavy (non-hydrogen) atoms. The summed E-state index contributed by atoms with van der Waals surface area (Å²) in [6.45, 7) is 4.93. The van der Waals surface area contributed by atoms with Gasteiger partial charge in [-0.2, -0.15) is 0 Å². The molecule has 1 unspecified atom stereocenters. The van der Waals surface area contributed by atoms with Crippen LogP contribution in [0.15, 0.2) is 48.5 Å². The van der Waals surface area contributed by atoms with Crippen molar-refractivity contribution >= 4 is 5.69 Å². The highest BCUT2D eigenvalue weighted by atomic mass is 19.1. The zero-order chi connectivity index (χ0) is 18.4. The zero-order valence-corrected chi connectivity index (χ0v) is 15.3. The van der Waals surface area contributed by atoms with Gasteiger partial charge in [-0.05, 0) is 49.2 Å². The first-order valence-corrected chi connectivity index (χ1v) is 9.21. The summed E-state index contributed by atoms with van der Waals surface area (Å²) in [7, 11) is 1.71. The summed E-state index contributed by atoms with van der Waals surface area (Å²) in [4.78, 5) is 4.80. The quantitative estimate of drug-likeness (QED) is 0.822. The number of aliphatic hydroxyl groups excluding tert-OH is 1. The van der Waals surface area contributed by atoms with Gasteiger partial charge in [0.15, 0.2) is 0 Å². The Morgan fingerprint density at radius 2 is 1.73 bits per heavy atom. The van der Waals surface area contributed by atoms with E-state index in [1.165, 1.54) is 12.1 Å². The molecular weight excluding hydrogens is 331 g/mol. The lowest BCUT2D eigenvalue weighted by molar-refractivity contribution is 0.154. The molecule has 1 fully saturated rings. The SMILES string of the molecule is COc1ccccc1N1CCN(CCCC(O)c2ccc(F)cc2)CC1. The van der Waals surface area contributed by atoms with Crippen molar-refractivity contribution < 1.29 is 14.2 Å². The van der Waals surface area contributed by atoms with Gasteiger partial charge in [-0.25, -0.2) is 4.39 Å². The topological polar surface area (TPSA) is 35.9 Å². The molecule has 0 amide bonds. The molecule has 3 rings (SSSR count). The summed E-state index contributed by atoms with van der Waals surface area (Å²) < 4.78 is 18.4. The predicted octanol–water partition coefficient (Wildman–Crippen LogP) is 3.47. The molecular formula is C21H27FN2O2. The lowest BCUT2D eigenvalue weighted by atomic mass is 10.0. The van der Waals surface area contributed by atoms with Crippen LogP contribution in [0.5, 0.6) is 5.75 Å². The summed E-state index contributed by atoms with van der Waals surface area (Å²) in [6, 6.07) is 14.3. The molecule has 1 aliphatic rings. The molecule has 0 radical (unpaired) electrons. The fourth-order valence-corrected chi connectivity index (χ4v) is 3.46. The summed E-state index contributed by atoms with van der Waals surface area (Å²) in [5.74, 6) is 0.650. The Bertz CT molecular complexity index is 685. The average Bonchev–Trinajstić information content (AvgIpc) is 2.69. The maximum atomic E-state index is 12.9. The molecule has 0 aliphatic carbocycles. The first-order valence-electron chi connectivity index (χ1n) is 9.21. The molecule has 0 spiro atoms. The van der Waals surface area contributed by atoms with Gasteiger partial charge in [-0.1, -0.05) is 24.3 Å². The van der Waals surface area contributed by atoms with Crippen LogP contribution >= 0.6 is 0 Å². The van der Waals surface area contributed by atoms with E-state index in [0.29, 0.717) is 6.42 Å². The Balaban J connectivity index is 1.42. The summed E-state index contributed by atoms with van der Waals surface area (Å²) in [5.41, 5.74) is 1.94. The number of rotatable bonds is 7. The molecule has 140 valence electrons. The standard InChI is InChI=1S/C21H27FN2O2/c1-26-21-7-3-2-5-19(21)24-15-13-23(14-16-24)12-4-6-20(25)17-8-10-18(22)11-9-17/h2-3,5,7-11,20,25H,4,6,12-16H2,1H3. The minimum atomic E-state index is -0.523. The van der Waals surface area contributed by atoms with Crippen molar-refractivity contribution in [2.45, 2.75) is 18.9 Å². The number of piperazine rings is 1. The lowest BCUT2D eigenvalue weighted by Gasteiger charge is -2.36. The number of methoxy groups -OCH3 is 1. The minimum Gasteiger partial charge on any atom is -0.495 e. The van der Waals surface area contributed by atoms with E-state index in [2.05, 4.69) is 15.9 Å². The predicted molar refractivity (Wildman–Crippen MR) is 102 cm³/mol. The van der Waals surface area contributed by atoms with Gasteiger partial charge >= 0.3 is 0 Å². The lowest BCUT2D eigenvalue weighted by Crippen LogP contribution is -2.46. The van der Waals surface area contributed by atoms with Gasteiger partial charge in [0.25, 0.3) is 0 Å². The van der Waals surface area contributed by atoms with E-state index in [-0.39, 0.29) is 5.82 Å². The highest BCUT2D eigenvalue weighted by Gasteiger charge is 2.19. The van der Waals surface area contributed by atoms with Crippen LogP contribution in [-0.4, -0.2) is 49.8 Å². The maximum absolute atomic E-state index is 12.9. The minimum absolute atomic E-state index is 0.270. The molecule has 4 nitrogen and oxygen atoms in total. The Labute approximate surface area is 154 Å². The fraction of sp³-hybridized carbons (Fsp3) is 0.429. The molecule has 0 aromatic heterocycles. The Morgan fingerprint density at radius 3 is 2.42 bits per heavy atom. The van der Waals surface area contributed by atoms with Crippen LogP contribution in [0.25, 0.3) is 0 Å². The molecule has 1 aliphatic heterocycles. The van der Waals surface area contributed by atoms with Gasteiger partial charge in [-0.15, -0.1) is 0 Å². The van der Waals surface area contributed by atoms with Crippen LogP contribution in [-0.2, 0) is 0 Å². The van der Waals surface area contributed by atoms with E-state index < -0.39 is 6.10 Å². The van der Waals surface area contributed by atoms with Gasteiger partial charge in [0, 0.05) is 26.2 Å². The Kier molecular flexibility index (Phi) is 6.47. The molecule has 5 heteroatoms. The second kappa shape index (κ2) is 9.01. The molecule has 2 aromatic rings. The van der Waals surface area contributed by atoms with Crippen molar-refractivity contribution in [3.05, 3.63) is 59.9 Å². The maximum Gasteiger partial charge on any atom is 0.142 e. The highest BCUT2D eigenvalue weighted by molar-refractivity contribution is 5.58. The van der Waals surface area contributed by atoms with Crippen molar-refractivity contribution in [2.75, 3.05) is 44.7 Å². The smallest absolute Gasteiger partial charge is 0.142 e. The van der Waals surface area contributed by atoms with E-state index >= 15 is 0 Å². The number of aliphatic hydroxyl groups is 1. The molecule has 2 aromatic carbocycles.